The van der Waals surface area contributed by atoms with E-state index in [-0.39, 0.29) is 24.0 Å². The van der Waals surface area contributed by atoms with Crippen molar-refractivity contribution < 1.29 is 53.7 Å². The highest BCUT2D eigenvalue weighted by molar-refractivity contribution is 5.66. The molecule has 0 fully saturated rings. The van der Waals surface area contributed by atoms with Crippen LogP contribution in [0.3, 0.4) is 0 Å². The molecule has 0 saturated heterocycles. The number of benzene rings is 3. The second-order valence-electron chi connectivity index (χ2n) is 9.01. The van der Waals surface area contributed by atoms with Crippen LogP contribution in [0, 0.1) is 29.1 Å². The van der Waals surface area contributed by atoms with Crippen LogP contribution in [-0.4, -0.2) is 12.7 Å². The zero-order valence-electron chi connectivity index (χ0n) is 21.7. The monoisotopic (exact) mass is 592 g/mol. The number of ether oxygens (including phenoxy) is 3. The molecule has 3 nitrogen and oxygen atoms in total. The highest BCUT2D eigenvalue weighted by Crippen LogP contribution is 2.33. The molecule has 0 radical (unpaired) electrons. The van der Waals surface area contributed by atoms with Crippen LogP contribution in [0.4, 0.5) is 39.5 Å². The second-order valence-corrected chi connectivity index (χ2v) is 9.01. The molecule has 0 heterocycles. The Labute approximate surface area is 230 Å². The fraction of sp³-hybridized carbons (Fsp3) is 0.310. The predicted molar refractivity (Wildman–Crippen MR) is 133 cm³/mol. The topological polar surface area (TPSA) is 27.7 Å². The highest BCUT2D eigenvalue weighted by atomic mass is 19.3. The van der Waals surface area contributed by atoms with Gasteiger partial charge in [0.2, 0.25) is 0 Å². The molecule has 0 saturated carbocycles. The Balaban J connectivity index is 1.66. The van der Waals surface area contributed by atoms with Crippen LogP contribution in [0.25, 0.3) is 11.1 Å². The molecule has 0 aliphatic heterocycles. The van der Waals surface area contributed by atoms with Gasteiger partial charge in [0, 0.05) is 12.1 Å². The van der Waals surface area contributed by atoms with Crippen molar-refractivity contribution in [2.24, 2.45) is 0 Å². The molecular weight excluding hydrogens is 567 g/mol. The summed E-state index contributed by atoms with van der Waals surface area (Å²) in [5.74, 6) is -9.32. The maximum absolute atomic E-state index is 14.7. The van der Waals surface area contributed by atoms with Gasteiger partial charge in [-0.15, -0.1) is 0 Å². The summed E-state index contributed by atoms with van der Waals surface area (Å²) in [5.41, 5.74) is -0.242. The first-order valence-corrected chi connectivity index (χ1v) is 12.5. The van der Waals surface area contributed by atoms with E-state index in [1.165, 1.54) is 12.1 Å². The predicted octanol–water partition coefficient (Wildman–Crippen LogP) is 9.73. The summed E-state index contributed by atoms with van der Waals surface area (Å²) < 4.78 is 137. The van der Waals surface area contributed by atoms with Crippen molar-refractivity contribution in [3.8, 4) is 28.4 Å². The first-order chi connectivity index (χ1) is 19.4. The van der Waals surface area contributed by atoms with Crippen LogP contribution < -0.4 is 14.2 Å². The summed E-state index contributed by atoms with van der Waals surface area (Å²) in [6.45, 7) is 0.444. The number of unbranched alkanes of at least 4 members (excludes halogenated alkanes) is 4. The van der Waals surface area contributed by atoms with Gasteiger partial charge in [-0.3, -0.25) is 0 Å². The van der Waals surface area contributed by atoms with Gasteiger partial charge in [0.1, 0.15) is 17.4 Å². The lowest BCUT2D eigenvalue weighted by molar-refractivity contribution is -0.195. The minimum absolute atomic E-state index is 0.196. The number of alkyl halides is 2. The fourth-order valence-electron chi connectivity index (χ4n) is 3.93. The Morgan fingerprint density at radius 2 is 1.41 bits per heavy atom. The van der Waals surface area contributed by atoms with Gasteiger partial charge in [-0.1, -0.05) is 38.7 Å². The van der Waals surface area contributed by atoms with E-state index in [0.29, 0.717) is 18.1 Å². The van der Waals surface area contributed by atoms with Crippen LogP contribution in [0.15, 0.2) is 54.8 Å². The molecule has 0 aliphatic rings. The number of hydrogen-bond donors (Lipinski definition) is 0. The summed E-state index contributed by atoms with van der Waals surface area (Å²) in [7, 11) is 0. The maximum atomic E-state index is 14.7. The number of rotatable bonds is 14. The molecule has 3 aromatic rings. The molecule has 3 aromatic carbocycles. The third-order valence-electron chi connectivity index (χ3n) is 5.79. The average Bonchev–Trinajstić information content (AvgIpc) is 2.87. The fourth-order valence-corrected chi connectivity index (χ4v) is 3.93. The summed E-state index contributed by atoms with van der Waals surface area (Å²) in [4.78, 5) is 0. The second kappa shape index (κ2) is 14.2. The van der Waals surface area contributed by atoms with Gasteiger partial charge >= 0.3 is 12.2 Å². The molecule has 12 heteroatoms. The lowest BCUT2D eigenvalue weighted by Gasteiger charge is -2.19. The first kappa shape index (κ1) is 31.7. The van der Waals surface area contributed by atoms with E-state index in [4.69, 9.17) is 4.74 Å². The molecular formula is C29H25F9O3. The van der Waals surface area contributed by atoms with E-state index >= 15 is 0 Å². The molecule has 0 aliphatic carbocycles. The zero-order valence-corrected chi connectivity index (χ0v) is 21.7. The summed E-state index contributed by atoms with van der Waals surface area (Å²) >= 11 is 0. The molecule has 3 rings (SSSR count). The number of hydrogen-bond acceptors (Lipinski definition) is 3. The summed E-state index contributed by atoms with van der Waals surface area (Å²) in [5, 5.41) is 0. The van der Waals surface area contributed by atoms with E-state index < -0.39 is 70.7 Å². The van der Waals surface area contributed by atoms with Gasteiger partial charge in [-0.2, -0.15) is 17.6 Å². The van der Waals surface area contributed by atoms with E-state index in [9.17, 15) is 39.5 Å². The third-order valence-corrected chi connectivity index (χ3v) is 5.79. The molecule has 0 bridgehead atoms. The van der Waals surface area contributed by atoms with Crippen molar-refractivity contribution in [2.45, 2.75) is 51.6 Å². The smallest absolute Gasteiger partial charge is 0.433 e. The van der Waals surface area contributed by atoms with Gasteiger partial charge in [-0.25, -0.2) is 22.0 Å². The van der Waals surface area contributed by atoms with E-state index in [2.05, 4.69) is 16.4 Å². The first-order valence-electron chi connectivity index (χ1n) is 12.5. The minimum Gasteiger partial charge on any atom is -0.480 e. The molecule has 41 heavy (non-hydrogen) atoms. The van der Waals surface area contributed by atoms with E-state index in [1.807, 2.05) is 0 Å². The lowest BCUT2D eigenvalue weighted by Crippen LogP contribution is -2.32. The van der Waals surface area contributed by atoms with Gasteiger partial charge < -0.3 is 14.2 Å². The minimum atomic E-state index is -4.25. The molecule has 222 valence electrons. The maximum Gasteiger partial charge on any atom is 0.433 e. The molecule has 0 aromatic heterocycles. The average molecular weight is 592 g/mol. The standard InChI is InChI=1S/C29H25F9O3/c1-2-3-4-5-6-7-17-10-21(31)27(22(32)11-17)18-8-9-25(20(30)12-18)40-16-29(37,38)41-19-13-23(33)28(24(34)14-19)39-15-26(35)36/h8-15H,2-7,16H2,1H3. The van der Waals surface area contributed by atoms with Gasteiger partial charge in [0.15, 0.2) is 41.8 Å². The van der Waals surface area contributed by atoms with Crippen molar-refractivity contribution in [1.82, 2.24) is 0 Å². The number of aryl methyl sites for hydroxylation is 1. The Kier molecular flexibility index (Phi) is 11.0. The Morgan fingerprint density at radius 1 is 0.780 bits per heavy atom. The number of halogens is 9. The summed E-state index contributed by atoms with van der Waals surface area (Å²) in [6, 6.07) is 5.50. The van der Waals surface area contributed by atoms with Gasteiger partial charge in [0.05, 0.1) is 5.56 Å². The third kappa shape index (κ3) is 9.09. The highest BCUT2D eigenvalue weighted by Gasteiger charge is 2.34. The van der Waals surface area contributed by atoms with Crippen LogP contribution in [0.5, 0.6) is 17.2 Å². The summed E-state index contributed by atoms with van der Waals surface area (Å²) in [6.07, 6.45) is -1.58. The van der Waals surface area contributed by atoms with Crippen molar-refractivity contribution in [3.05, 3.63) is 89.5 Å². The van der Waals surface area contributed by atoms with Crippen LogP contribution in [0.2, 0.25) is 0 Å². The van der Waals surface area contributed by atoms with E-state index in [1.54, 1.807) is 0 Å². The molecule has 0 N–H and O–H groups in total. The Hall–Kier alpha value is -3.83. The lowest BCUT2D eigenvalue weighted by atomic mass is 9.99. The molecule has 0 unspecified atom stereocenters. The SMILES string of the molecule is CCCCCCCc1cc(F)c(-c2ccc(OCC(F)(F)Oc3cc(F)c(OC=C(F)F)c(F)c3)c(F)c2)c(F)c1. The Bertz CT molecular complexity index is 1330. The Morgan fingerprint density at radius 3 is 2.00 bits per heavy atom. The van der Waals surface area contributed by atoms with Crippen molar-refractivity contribution >= 4 is 0 Å². The van der Waals surface area contributed by atoms with Crippen LogP contribution in [0.1, 0.15) is 44.6 Å². The molecule has 0 atom stereocenters. The molecule has 0 amide bonds. The van der Waals surface area contributed by atoms with Gasteiger partial charge in [-0.05, 0) is 48.2 Å². The van der Waals surface area contributed by atoms with E-state index in [0.717, 1.165) is 44.2 Å². The zero-order chi connectivity index (χ0) is 30.2. The quantitative estimate of drug-likeness (QED) is 0.106. The van der Waals surface area contributed by atoms with Crippen molar-refractivity contribution in [2.75, 3.05) is 6.61 Å². The molecule has 0 spiro atoms. The van der Waals surface area contributed by atoms with Crippen molar-refractivity contribution in [1.29, 1.82) is 0 Å². The normalized spacial score (nSPS) is 11.4. The van der Waals surface area contributed by atoms with Gasteiger partial charge in [0.25, 0.3) is 0 Å². The van der Waals surface area contributed by atoms with Crippen molar-refractivity contribution in [3.63, 3.8) is 0 Å². The largest absolute Gasteiger partial charge is 0.480 e. The van der Waals surface area contributed by atoms with Crippen LogP contribution >= 0.6 is 0 Å². The van der Waals surface area contributed by atoms with Crippen LogP contribution in [-0.2, 0) is 6.42 Å².